The Morgan fingerprint density at radius 3 is 2.22 bits per heavy atom. The summed E-state index contributed by atoms with van der Waals surface area (Å²) in [5.41, 5.74) is 0. The van der Waals surface area contributed by atoms with E-state index in [-0.39, 0.29) is 36.7 Å². The molecule has 0 spiro atoms. The van der Waals surface area contributed by atoms with Crippen LogP contribution in [0.3, 0.4) is 0 Å². The Morgan fingerprint density at radius 2 is 2.11 bits per heavy atom. The number of rotatable bonds is 3. The van der Waals surface area contributed by atoms with Crippen molar-refractivity contribution in [3.63, 3.8) is 0 Å². The molecule has 9 heavy (non-hydrogen) atoms. The van der Waals surface area contributed by atoms with Gasteiger partial charge >= 0.3 is 29.6 Å². The van der Waals surface area contributed by atoms with Gasteiger partial charge in [-0.25, -0.2) is 0 Å². The van der Waals surface area contributed by atoms with E-state index in [9.17, 15) is 8.42 Å². The maximum absolute atomic E-state index is 10.3. The molecule has 0 saturated heterocycles. The van der Waals surface area contributed by atoms with Crippen LogP contribution in [0.2, 0.25) is 0 Å². The summed E-state index contributed by atoms with van der Waals surface area (Å²) < 4.78 is 24.2. The number of nitrogens with two attached hydrogens (primary N) is 1. The molecule has 0 bridgehead atoms. The topological polar surface area (TPSA) is 69.4 Å². The number of hydrogen-bond acceptors (Lipinski definition) is 4. The van der Waals surface area contributed by atoms with E-state index >= 15 is 0 Å². The van der Waals surface area contributed by atoms with Crippen molar-refractivity contribution in [3.8, 4) is 0 Å². The average molecular weight is 163 g/mol. The minimum absolute atomic E-state index is 0. The Labute approximate surface area is 78.6 Å². The molecule has 0 amide bonds. The maximum atomic E-state index is 10.3. The molecule has 0 saturated carbocycles. The van der Waals surface area contributed by atoms with E-state index in [1.807, 2.05) is 0 Å². The first-order chi connectivity index (χ1) is 3.62. The zero-order valence-corrected chi connectivity index (χ0v) is 8.44. The molecular weight excluding hydrogens is 153 g/mol. The predicted octanol–water partition coefficient (Wildman–Crippen LogP) is -3.27. The molecule has 0 aliphatic heterocycles. The van der Waals surface area contributed by atoms with E-state index in [1.54, 1.807) is 6.92 Å². The van der Waals surface area contributed by atoms with Gasteiger partial charge in [0.15, 0.2) is 0 Å². The SMILES string of the molecule is CCCS(=O)(=O)ON.[H-].[Na+]. The fraction of sp³-hybridized carbons (Fsp3) is 1.00. The van der Waals surface area contributed by atoms with E-state index in [4.69, 9.17) is 0 Å². The van der Waals surface area contributed by atoms with Crippen molar-refractivity contribution < 1.29 is 43.7 Å². The summed E-state index contributed by atoms with van der Waals surface area (Å²) in [7, 11) is -3.39. The molecule has 0 atom stereocenters. The molecule has 0 aromatic rings. The summed E-state index contributed by atoms with van der Waals surface area (Å²) in [6.07, 6.45) is 0.527. The van der Waals surface area contributed by atoms with Crippen molar-refractivity contribution in [1.82, 2.24) is 0 Å². The first-order valence-corrected chi connectivity index (χ1v) is 3.81. The Bertz CT molecular complexity index is 148. The molecule has 2 N–H and O–H groups in total. The molecule has 0 fully saturated rings. The van der Waals surface area contributed by atoms with E-state index in [1.165, 1.54) is 0 Å². The largest absolute Gasteiger partial charge is 1.00 e. The third-order valence-corrected chi connectivity index (χ3v) is 1.80. The van der Waals surface area contributed by atoms with Crippen LogP contribution >= 0.6 is 0 Å². The molecule has 6 heteroatoms. The monoisotopic (exact) mass is 163 g/mol. The Morgan fingerprint density at radius 1 is 1.67 bits per heavy atom. The predicted molar refractivity (Wildman–Crippen MR) is 30.5 cm³/mol. The van der Waals surface area contributed by atoms with Crippen LogP contribution in [-0.4, -0.2) is 14.2 Å². The van der Waals surface area contributed by atoms with E-state index in [0.29, 0.717) is 6.42 Å². The van der Waals surface area contributed by atoms with Gasteiger partial charge < -0.3 is 1.43 Å². The van der Waals surface area contributed by atoms with Gasteiger partial charge in [-0.05, 0) is 6.42 Å². The zero-order chi connectivity index (χ0) is 6.62. The van der Waals surface area contributed by atoms with Crippen molar-refractivity contribution in [2.45, 2.75) is 13.3 Å². The molecule has 52 valence electrons. The molecular formula is C3H10NNaO3S. The van der Waals surface area contributed by atoms with Gasteiger partial charge in [0.1, 0.15) is 0 Å². The summed E-state index contributed by atoms with van der Waals surface area (Å²) in [5, 5.41) is 0. The smallest absolute Gasteiger partial charge is 1.00 e. The summed E-state index contributed by atoms with van der Waals surface area (Å²) in [6, 6.07) is 0. The summed E-state index contributed by atoms with van der Waals surface area (Å²) in [5.74, 6) is 4.39. The second kappa shape index (κ2) is 5.64. The third kappa shape index (κ3) is 6.76. The molecule has 0 unspecified atom stereocenters. The first-order valence-electron chi connectivity index (χ1n) is 2.23. The van der Waals surface area contributed by atoms with Gasteiger partial charge in [-0.1, -0.05) is 6.92 Å². The van der Waals surface area contributed by atoms with Crippen LogP contribution in [0.25, 0.3) is 0 Å². The van der Waals surface area contributed by atoms with E-state index < -0.39 is 10.1 Å². The molecule has 0 heterocycles. The minimum Gasteiger partial charge on any atom is -1.00 e. The normalized spacial score (nSPS) is 10.4. The standard InChI is InChI=1S/C3H9NO3S.Na.H/c1-2-3-8(5,6)7-4;;/h2-4H2,1H3;;/q;+1;-1. The Kier molecular flexibility index (Phi) is 7.86. The maximum Gasteiger partial charge on any atom is 1.00 e. The van der Waals surface area contributed by atoms with Gasteiger partial charge in [0.2, 0.25) is 0 Å². The van der Waals surface area contributed by atoms with Crippen LogP contribution in [-0.2, 0) is 14.4 Å². The second-order valence-electron chi connectivity index (χ2n) is 1.36. The van der Waals surface area contributed by atoms with Crippen molar-refractivity contribution in [3.05, 3.63) is 0 Å². The molecule has 0 radical (unpaired) electrons. The van der Waals surface area contributed by atoms with Gasteiger partial charge in [-0.3, -0.25) is 0 Å². The summed E-state index contributed by atoms with van der Waals surface area (Å²) >= 11 is 0. The van der Waals surface area contributed by atoms with E-state index in [2.05, 4.69) is 10.2 Å². The van der Waals surface area contributed by atoms with Crippen molar-refractivity contribution in [2.24, 2.45) is 5.90 Å². The Hall–Kier alpha value is 0.870. The van der Waals surface area contributed by atoms with Crippen LogP contribution in [0.4, 0.5) is 0 Å². The number of hydrogen-bond donors (Lipinski definition) is 1. The van der Waals surface area contributed by atoms with Crippen LogP contribution in [0, 0.1) is 0 Å². The molecule has 0 aliphatic carbocycles. The van der Waals surface area contributed by atoms with Crippen LogP contribution in [0.1, 0.15) is 14.8 Å². The molecule has 0 aliphatic rings. The molecule has 0 aromatic heterocycles. The third-order valence-electron chi connectivity index (χ3n) is 0.601. The first kappa shape index (κ1) is 12.5. The van der Waals surface area contributed by atoms with Gasteiger partial charge in [0.25, 0.3) is 10.1 Å². The van der Waals surface area contributed by atoms with Gasteiger partial charge in [0.05, 0.1) is 5.75 Å². The van der Waals surface area contributed by atoms with Crippen molar-refractivity contribution >= 4 is 10.1 Å². The van der Waals surface area contributed by atoms with Crippen LogP contribution in [0.15, 0.2) is 0 Å². The van der Waals surface area contributed by atoms with Crippen molar-refractivity contribution in [1.29, 1.82) is 0 Å². The van der Waals surface area contributed by atoms with Gasteiger partial charge in [0, 0.05) is 0 Å². The Balaban J connectivity index is -0.000000245. The van der Waals surface area contributed by atoms with Crippen LogP contribution < -0.4 is 35.5 Å². The fourth-order valence-corrected chi connectivity index (χ4v) is 0.894. The molecule has 0 rings (SSSR count). The fourth-order valence-electron chi connectivity index (χ4n) is 0.298. The molecule has 4 nitrogen and oxygen atoms in total. The average Bonchev–Trinajstić information content (AvgIpc) is 1.67. The van der Waals surface area contributed by atoms with Gasteiger partial charge in [-0.15, -0.1) is 0 Å². The summed E-state index contributed by atoms with van der Waals surface area (Å²) in [6.45, 7) is 1.73. The zero-order valence-electron chi connectivity index (χ0n) is 6.62. The van der Waals surface area contributed by atoms with E-state index in [0.717, 1.165) is 0 Å². The van der Waals surface area contributed by atoms with Gasteiger partial charge in [-0.2, -0.15) is 18.6 Å². The minimum atomic E-state index is -3.39. The second-order valence-corrected chi connectivity index (χ2v) is 3.07. The molecule has 0 aromatic carbocycles. The quantitative estimate of drug-likeness (QED) is 0.350. The summed E-state index contributed by atoms with van der Waals surface area (Å²) in [4.78, 5) is 0. The van der Waals surface area contributed by atoms with Crippen LogP contribution in [0.5, 0.6) is 0 Å². The van der Waals surface area contributed by atoms with Crippen molar-refractivity contribution in [2.75, 3.05) is 5.75 Å².